The number of sulfonamides is 1. The number of carbonyl (C=O) groups is 2. The highest BCUT2D eigenvalue weighted by Gasteiger charge is 2.24. The highest BCUT2D eigenvalue weighted by molar-refractivity contribution is 7.89. The fourth-order valence-corrected chi connectivity index (χ4v) is 1.99. The molecule has 0 unspecified atom stereocenters. The first-order chi connectivity index (χ1) is 9.96. The SMILES string of the molecule is COc1ccc(S(N)(=O)=O)cc1C(=O)OCC(=O)C(C)(C)C. The molecule has 2 N–H and O–H groups in total. The molecule has 22 heavy (non-hydrogen) atoms. The number of carbonyl (C=O) groups excluding carboxylic acids is 2. The van der Waals surface area contributed by atoms with E-state index in [0.29, 0.717) is 0 Å². The number of hydrogen-bond donors (Lipinski definition) is 1. The predicted octanol–water partition coefficient (Wildman–Crippen LogP) is 1.11. The van der Waals surface area contributed by atoms with Gasteiger partial charge < -0.3 is 9.47 Å². The molecule has 0 atom stereocenters. The lowest BCUT2D eigenvalue weighted by Crippen LogP contribution is -2.26. The Bertz CT molecular complexity index is 688. The Morgan fingerprint density at radius 3 is 2.27 bits per heavy atom. The van der Waals surface area contributed by atoms with Crippen LogP contribution in [-0.4, -0.2) is 33.9 Å². The van der Waals surface area contributed by atoms with Crippen LogP contribution in [0.1, 0.15) is 31.1 Å². The molecule has 0 amide bonds. The van der Waals surface area contributed by atoms with Crippen LogP contribution < -0.4 is 9.88 Å². The second kappa shape index (κ2) is 6.45. The monoisotopic (exact) mass is 329 g/mol. The molecule has 1 rings (SSSR count). The number of Topliss-reactive ketones (excluding diaryl/α,β-unsaturated/α-hetero) is 1. The minimum atomic E-state index is -3.97. The first kappa shape index (κ1) is 18.1. The van der Waals surface area contributed by atoms with E-state index in [1.807, 2.05) is 0 Å². The van der Waals surface area contributed by atoms with E-state index in [1.165, 1.54) is 19.2 Å². The minimum absolute atomic E-state index is 0.115. The summed E-state index contributed by atoms with van der Waals surface area (Å²) >= 11 is 0. The quantitative estimate of drug-likeness (QED) is 0.810. The standard InChI is InChI=1S/C14H19NO6S/c1-14(2,3)12(16)8-21-13(17)10-7-9(22(15,18)19)5-6-11(10)20-4/h5-7H,8H2,1-4H3,(H2,15,18,19). The topological polar surface area (TPSA) is 113 Å². The Balaban J connectivity index is 3.04. The zero-order valence-corrected chi connectivity index (χ0v) is 13.7. The molecule has 0 aromatic heterocycles. The maximum Gasteiger partial charge on any atom is 0.342 e. The van der Waals surface area contributed by atoms with Gasteiger partial charge in [0.15, 0.2) is 12.4 Å². The molecule has 0 aliphatic carbocycles. The molecule has 0 saturated heterocycles. The predicted molar refractivity (Wildman–Crippen MR) is 79.1 cm³/mol. The first-order valence-electron chi connectivity index (χ1n) is 6.38. The van der Waals surface area contributed by atoms with Crippen LogP contribution in [-0.2, 0) is 19.6 Å². The van der Waals surface area contributed by atoms with E-state index >= 15 is 0 Å². The summed E-state index contributed by atoms with van der Waals surface area (Å²) in [5, 5.41) is 5.02. The molecule has 1 aromatic rings. The third-order valence-corrected chi connectivity index (χ3v) is 3.80. The van der Waals surface area contributed by atoms with Crippen molar-refractivity contribution in [1.29, 1.82) is 0 Å². The molecule has 7 nitrogen and oxygen atoms in total. The van der Waals surface area contributed by atoms with Crippen LogP contribution in [0.2, 0.25) is 0 Å². The molecule has 0 aliphatic heterocycles. The van der Waals surface area contributed by atoms with Crippen molar-refractivity contribution >= 4 is 21.8 Å². The smallest absolute Gasteiger partial charge is 0.342 e. The second-order valence-corrected chi connectivity index (χ2v) is 7.22. The van der Waals surface area contributed by atoms with Crippen molar-refractivity contribution in [2.75, 3.05) is 13.7 Å². The normalized spacial score (nSPS) is 11.9. The van der Waals surface area contributed by atoms with Crippen LogP contribution in [0.15, 0.2) is 23.1 Å². The Morgan fingerprint density at radius 2 is 1.82 bits per heavy atom. The van der Waals surface area contributed by atoms with Gasteiger partial charge in [0.05, 0.1) is 12.0 Å². The Kier molecular flexibility index (Phi) is 5.31. The maximum absolute atomic E-state index is 12.0. The molecule has 8 heteroatoms. The third-order valence-electron chi connectivity index (χ3n) is 2.89. The van der Waals surface area contributed by atoms with Crippen molar-refractivity contribution in [1.82, 2.24) is 0 Å². The molecule has 122 valence electrons. The molecular weight excluding hydrogens is 310 g/mol. The van der Waals surface area contributed by atoms with Gasteiger partial charge in [0.25, 0.3) is 0 Å². The van der Waals surface area contributed by atoms with E-state index in [9.17, 15) is 18.0 Å². The lowest BCUT2D eigenvalue weighted by atomic mass is 9.91. The summed E-state index contributed by atoms with van der Waals surface area (Å²) in [5.41, 5.74) is -0.761. The Hall–Kier alpha value is -1.93. The van der Waals surface area contributed by atoms with Crippen LogP contribution in [0.5, 0.6) is 5.75 Å². The fourth-order valence-electron chi connectivity index (χ4n) is 1.45. The fraction of sp³-hybridized carbons (Fsp3) is 0.429. The average Bonchev–Trinajstić information content (AvgIpc) is 2.41. The number of methoxy groups -OCH3 is 1. The van der Waals surface area contributed by atoms with E-state index in [2.05, 4.69) is 0 Å². The zero-order valence-electron chi connectivity index (χ0n) is 12.9. The van der Waals surface area contributed by atoms with Crippen molar-refractivity contribution in [2.24, 2.45) is 10.6 Å². The Morgan fingerprint density at radius 1 is 1.23 bits per heavy atom. The molecule has 0 heterocycles. The van der Waals surface area contributed by atoms with Gasteiger partial charge in [-0.05, 0) is 18.2 Å². The molecule has 0 fully saturated rings. The van der Waals surface area contributed by atoms with Crippen molar-refractivity contribution in [3.05, 3.63) is 23.8 Å². The summed E-state index contributed by atoms with van der Waals surface area (Å²) < 4.78 is 32.6. The van der Waals surface area contributed by atoms with Gasteiger partial charge in [0.1, 0.15) is 11.3 Å². The summed E-state index contributed by atoms with van der Waals surface area (Å²) in [5.74, 6) is -0.997. The number of ketones is 1. The van der Waals surface area contributed by atoms with Crippen LogP contribution in [0, 0.1) is 5.41 Å². The number of benzene rings is 1. The van der Waals surface area contributed by atoms with Gasteiger partial charge in [0, 0.05) is 5.41 Å². The largest absolute Gasteiger partial charge is 0.496 e. The molecule has 0 bridgehead atoms. The van der Waals surface area contributed by atoms with Crippen molar-refractivity contribution in [3.8, 4) is 5.75 Å². The summed E-state index contributed by atoms with van der Waals surface area (Å²) in [6.07, 6.45) is 0. The van der Waals surface area contributed by atoms with Crippen molar-refractivity contribution < 1.29 is 27.5 Å². The number of primary sulfonamides is 1. The molecule has 0 radical (unpaired) electrons. The summed E-state index contributed by atoms with van der Waals surface area (Å²) in [4.78, 5) is 23.6. The lowest BCUT2D eigenvalue weighted by molar-refractivity contribution is -0.129. The van der Waals surface area contributed by atoms with E-state index in [-0.39, 0.29) is 22.0 Å². The maximum atomic E-state index is 12.0. The van der Waals surface area contributed by atoms with Gasteiger partial charge in [0.2, 0.25) is 10.0 Å². The van der Waals surface area contributed by atoms with Gasteiger partial charge in [-0.2, -0.15) is 0 Å². The van der Waals surface area contributed by atoms with Crippen LogP contribution >= 0.6 is 0 Å². The van der Waals surface area contributed by atoms with E-state index in [4.69, 9.17) is 14.6 Å². The van der Waals surface area contributed by atoms with Crippen molar-refractivity contribution in [2.45, 2.75) is 25.7 Å². The lowest BCUT2D eigenvalue weighted by Gasteiger charge is -2.16. The van der Waals surface area contributed by atoms with Gasteiger partial charge in [-0.3, -0.25) is 4.79 Å². The Labute approximate surface area is 129 Å². The first-order valence-corrected chi connectivity index (χ1v) is 7.92. The zero-order chi connectivity index (χ0) is 17.1. The number of nitrogens with two attached hydrogens (primary N) is 1. The van der Waals surface area contributed by atoms with Gasteiger partial charge in [-0.1, -0.05) is 20.8 Å². The minimum Gasteiger partial charge on any atom is -0.496 e. The third kappa shape index (κ3) is 4.54. The van der Waals surface area contributed by atoms with Crippen LogP contribution in [0.4, 0.5) is 0 Å². The molecule has 0 spiro atoms. The van der Waals surface area contributed by atoms with E-state index in [0.717, 1.165) is 6.07 Å². The molecular formula is C14H19NO6S. The summed E-state index contributed by atoms with van der Waals surface area (Å²) in [6, 6.07) is 3.56. The number of rotatable bonds is 5. The number of esters is 1. The summed E-state index contributed by atoms with van der Waals surface area (Å²) in [6.45, 7) is 4.69. The van der Waals surface area contributed by atoms with E-state index in [1.54, 1.807) is 20.8 Å². The van der Waals surface area contributed by atoms with Crippen LogP contribution in [0.3, 0.4) is 0 Å². The highest BCUT2D eigenvalue weighted by atomic mass is 32.2. The van der Waals surface area contributed by atoms with E-state index < -0.39 is 28.0 Å². The van der Waals surface area contributed by atoms with Gasteiger partial charge >= 0.3 is 5.97 Å². The molecule has 1 aromatic carbocycles. The number of ether oxygens (including phenoxy) is 2. The average molecular weight is 329 g/mol. The van der Waals surface area contributed by atoms with Crippen molar-refractivity contribution in [3.63, 3.8) is 0 Å². The van der Waals surface area contributed by atoms with Crippen LogP contribution in [0.25, 0.3) is 0 Å². The van der Waals surface area contributed by atoms with Gasteiger partial charge in [-0.25, -0.2) is 18.4 Å². The molecule has 0 saturated carbocycles. The highest BCUT2D eigenvalue weighted by Crippen LogP contribution is 2.23. The summed E-state index contributed by atoms with van der Waals surface area (Å²) in [7, 11) is -2.65. The number of hydrogen-bond acceptors (Lipinski definition) is 6. The molecule has 0 aliphatic rings. The van der Waals surface area contributed by atoms with Gasteiger partial charge in [-0.15, -0.1) is 0 Å². The second-order valence-electron chi connectivity index (χ2n) is 5.66.